The molecule has 0 radical (unpaired) electrons. The molecule has 0 bridgehead atoms. The molecule has 5 nitrogen and oxygen atoms in total. The SMILES string of the molecule is O=C1C=CC(=O)N1c1cncc(C(F)(F)F)n1. The van der Waals surface area contributed by atoms with Gasteiger partial charge < -0.3 is 0 Å². The van der Waals surface area contributed by atoms with E-state index in [1.165, 1.54) is 0 Å². The van der Waals surface area contributed by atoms with E-state index < -0.39 is 29.5 Å². The molecule has 1 aromatic heterocycles. The van der Waals surface area contributed by atoms with Crippen LogP contribution in [-0.4, -0.2) is 21.8 Å². The molecule has 2 rings (SSSR count). The molecule has 2 amide bonds. The number of hydrogen-bond acceptors (Lipinski definition) is 4. The summed E-state index contributed by atoms with van der Waals surface area (Å²) in [6.45, 7) is 0. The fourth-order valence-electron chi connectivity index (χ4n) is 1.23. The zero-order valence-electron chi connectivity index (χ0n) is 8.10. The molecule has 0 N–H and O–H groups in total. The van der Waals surface area contributed by atoms with Crippen LogP contribution in [0.2, 0.25) is 0 Å². The van der Waals surface area contributed by atoms with Gasteiger partial charge in [-0.1, -0.05) is 0 Å². The van der Waals surface area contributed by atoms with Gasteiger partial charge in [0, 0.05) is 12.2 Å². The first-order valence-electron chi connectivity index (χ1n) is 4.35. The number of anilines is 1. The molecule has 1 aliphatic rings. The lowest BCUT2D eigenvalue weighted by Crippen LogP contribution is -2.31. The summed E-state index contributed by atoms with van der Waals surface area (Å²) in [7, 11) is 0. The van der Waals surface area contributed by atoms with Gasteiger partial charge in [0.25, 0.3) is 11.8 Å². The van der Waals surface area contributed by atoms with E-state index in [1.807, 2.05) is 0 Å². The van der Waals surface area contributed by atoms with Crippen LogP contribution in [0.4, 0.5) is 19.0 Å². The third-order valence-corrected chi connectivity index (χ3v) is 1.95. The van der Waals surface area contributed by atoms with Crippen LogP contribution >= 0.6 is 0 Å². The third kappa shape index (κ3) is 2.01. The van der Waals surface area contributed by atoms with E-state index in [9.17, 15) is 22.8 Å². The van der Waals surface area contributed by atoms with Crippen LogP contribution in [0, 0.1) is 0 Å². The smallest absolute Gasteiger partial charge is 0.269 e. The average molecular weight is 243 g/mol. The number of amides is 2. The highest BCUT2D eigenvalue weighted by Gasteiger charge is 2.35. The van der Waals surface area contributed by atoms with Crippen molar-refractivity contribution in [2.75, 3.05) is 4.90 Å². The highest BCUT2D eigenvalue weighted by molar-refractivity contribution is 6.27. The average Bonchev–Trinajstić information content (AvgIpc) is 2.57. The van der Waals surface area contributed by atoms with Crippen molar-refractivity contribution >= 4 is 17.6 Å². The number of nitrogens with zero attached hydrogens (tertiary/aromatic N) is 3. The second-order valence-electron chi connectivity index (χ2n) is 3.11. The number of aromatic nitrogens is 2. The van der Waals surface area contributed by atoms with Gasteiger partial charge in [-0.25, -0.2) is 9.88 Å². The Kier molecular flexibility index (Phi) is 2.41. The maximum Gasteiger partial charge on any atom is 0.434 e. The van der Waals surface area contributed by atoms with Crippen molar-refractivity contribution in [3.8, 4) is 0 Å². The van der Waals surface area contributed by atoms with E-state index >= 15 is 0 Å². The topological polar surface area (TPSA) is 63.2 Å². The number of carbonyl (C=O) groups excluding carboxylic acids is 2. The van der Waals surface area contributed by atoms with Crippen molar-refractivity contribution in [2.24, 2.45) is 0 Å². The van der Waals surface area contributed by atoms with Crippen molar-refractivity contribution in [3.05, 3.63) is 30.2 Å². The minimum Gasteiger partial charge on any atom is -0.269 e. The molecular formula is C9H4F3N3O2. The Hall–Kier alpha value is -2.25. The van der Waals surface area contributed by atoms with Gasteiger partial charge in [-0.3, -0.25) is 14.6 Å². The number of rotatable bonds is 1. The number of carbonyl (C=O) groups is 2. The van der Waals surface area contributed by atoms with E-state index in [4.69, 9.17) is 0 Å². The second-order valence-corrected chi connectivity index (χ2v) is 3.11. The molecule has 1 aromatic rings. The minimum atomic E-state index is -4.68. The third-order valence-electron chi connectivity index (χ3n) is 1.95. The quantitative estimate of drug-likeness (QED) is 0.688. The Morgan fingerprint density at radius 2 is 1.65 bits per heavy atom. The van der Waals surface area contributed by atoms with Gasteiger partial charge in [-0.05, 0) is 0 Å². The molecule has 88 valence electrons. The van der Waals surface area contributed by atoms with Gasteiger partial charge in [0.15, 0.2) is 11.5 Å². The standard InChI is InChI=1S/C9H4F3N3O2/c10-9(11,12)5-3-13-4-6(14-5)15-7(16)1-2-8(15)17/h1-4H. The molecule has 0 saturated carbocycles. The Labute approximate surface area is 92.6 Å². The maximum atomic E-state index is 12.3. The van der Waals surface area contributed by atoms with Crippen molar-refractivity contribution in [2.45, 2.75) is 6.18 Å². The van der Waals surface area contributed by atoms with Crippen LogP contribution in [0.15, 0.2) is 24.5 Å². The summed E-state index contributed by atoms with van der Waals surface area (Å²) in [6.07, 6.45) is -1.35. The Morgan fingerprint density at radius 3 is 2.18 bits per heavy atom. The van der Waals surface area contributed by atoms with E-state index in [0.29, 0.717) is 11.1 Å². The highest BCUT2D eigenvalue weighted by atomic mass is 19.4. The van der Waals surface area contributed by atoms with Crippen molar-refractivity contribution < 1.29 is 22.8 Å². The van der Waals surface area contributed by atoms with Gasteiger partial charge in [0.2, 0.25) is 0 Å². The van der Waals surface area contributed by atoms with Crippen LogP contribution in [0.1, 0.15) is 5.69 Å². The Bertz CT molecular complexity index is 506. The normalized spacial score (nSPS) is 15.8. The molecule has 0 aromatic carbocycles. The first kappa shape index (κ1) is 11.2. The van der Waals surface area contributed by atoms with Gasteiger partial charge in [-0.15, -0.1) is 0 Å². The fourth-order valence-corrected chi connectivity index (χ4v) is 1.23. The van der Waals surface area contributed by atoms with Gasteiger partial charge in [0.05, 0.1) is 12.4 Å². The van der Waals surface area contributed by atoms with Gasteiger partial charge in [-0.2, -0.15) is 13.2 Å². The zero-order chi connectivity index (χ0) is 12.6. The molecular weight excluding hydrogens is 239 g/mol. The predicted molar refractivity (Wildman–Crippen MR) is 48.7 cm³/mol. The second kappa shape index (κ2) is 3.65. The maximum absolute atomic E-state index is 12.3. The summed E-state index contributed by atoms with van der Waals surface area (Å²) in [6, 6.07) is 0. The van der Waals surface area contributed by atoms with Crippen molar-refractivity contribution in [3.63, 3.8) is 0 Å². The van der Waals surface area contributed by atoms with E-state index in [2.05, 4.69) is 9.97 Å². The summed E-state index contributed by atoms with van der Waals surface area (Å²) in [5.41, 5.74) is -1.26. The largest absolute Gasteiger partial charge is 0.434 e. The summed E-state index contributed by atoms with van der Waals surface area (Å²) in [5, 5.41) is 0. The monoisotopic (exact) mass is 243 g/mol. The van der Waals surface area contributed by atoms with Gasteiger partial charge in [0.1, 0.15) is 0 Å². The molecule has 1 aliphatic heterocycles. The number of halogens is 3. The lowest BCUT2D eigenvalue weighted by molar-refractivity contribution is -0.141. The van der Waals surface area contributed by atoms with Crippen LogP contribution < -0.4 is 4.90 Å². The zero-order valence-corrected chi connectivity index (χ0v) is 8.10. The van der Waals surface area contributed by atoms with Crippen molar-refractivity contribution in [1.29, 1.82) is 0 Å². The summed E-state index contributed by atoms with van der Waals surface area (Å²) in [4.78, 5) is 29.4. The summed E-state index contributed by atoms with van der Waals surface area (Å²) in [5.74, 6) is -1.94. The number of alkyl halides is 3. The van der Waals surface area contributed by atoms with Crippen LogP contribution in [0.5, 0.6) is 0 Å². The molecule has 0 fully saturated rings. The number of hydrogen-bond donors (Lipinski definition) is 0. The van der Waals surface area contributed by atoms with E-state index in [-0.39, 0.29) is 0 Å². The number of imide groups is 1. The molecule has 0 saturated heterocycles. The van der Waals surface area contributed by atoms with E-state index in [1.54, 1.807) is 0 Å². The summed E-state index contributed by atoms with van der Waals surface area (Å²) >= 11 is 0. The minimum absolute atomic E-state index is 0.445. The Balaban J connectivity index is 2.41. The molecule has 17 heavy (non-hydrogen) atoms. The molecule has 0 aliphatic carbocycles. The predicted octanol–water partition coefficient (Wildman–Crippen LogP) is 0.925. The Morgan fingerprint density at radius 1 is 1.06 bits per heavy atom. The molecule has 8 heteroatoms. The molecule has 0 atom stereocenters. The van der Waals surface area contributed by atoms with Crippen LogP contribution in [-0.2, 0) is 15.8 Å². The first-order chi connectivity index (χ1) is 7.89. The molecule has 0 unspecified atom stereocenters. The first-order valence-corrected chi connectivity index (χ1v) is 4.35. The van der Waals surface area contributed by atoms with E-state index in [0.717, 1.165) is 18.3 Å². The van der Waals surface area contributed by atoms with Crippen LogP contribution in [0.25, 0.3) is 0 Å². The molecule has 2 heterocycles. The lowest BCUT2D eigenvalue weighted by atomic mass is 10.4. The highest BCUT2D eigenvalue weighted by Crippen LogP contribution is 2.28. The van der Waals surface area contributed by atoms with Gasteiger partial charge >= 0.3 is 6.18 Å². The lowest BCUT2D eigenvalue weighted by Gasteiger charge is -2.13. The summed E-state index contributed by atoms with van der Waals surface area (Å²) < 4.78 is 37.0. The fraction of sp³-hybridized carbons (Fsp3) is 0.111. The van der Waals surface area contributed by atoms with Crippen molar-refractivity contribution in [1.82, 2.24) is 9.97 Å². The molecule has 0 spiro atoms. The van der Waals surface area contributed by atoms with Crippen LogP contribution in [0.3, 0.4) is 0 Å².